The van der Waals surface area contributed by atoms with E-state index in [0.29, 0.717) is 6.54 Å². The Hall–Kier alpha value is -1.06. The van der Waals surface area contributed by atoms with Crippen molar-refractivity contribution in [2.45, 2.75) is 6.04 Å². The summed E-state index contributed by atoms with van der Waals surface area (Å²) in [4.78, 5) is 0. The Morgan fingerprint density at radius 3 is 2.58 bits per heavy atom. The van der Waals surface area contributed by atoms with E-state index < -0.39 is 0 Å². The molecule has 0 spiro atoms. The van der Waals surface area contributed by atoms with Gasteiger partial charge in [-0.15, -0.1) is 0 Å². The molecule has 0 saturated carbocycles. The molecule has 0 aromatic heterocycles. The summed E-state index contributed by atoms with van der Waals surface area (Å²) < 4.78 is 0. The Morgan fingerprint density at radius 1 is 1.33 bits per heavy atom. The average Bonchev–Trinajstić information content (AvgIpc) is 2.16. The van der Waals surface area contributed by atoms with Gasteiger partial charge >= 0.3 is 0 Å². The topological polar surface area (TPSA) is 58.3 Å². The van der Waals surface area contributed by atoms with Gasteiger partial charge in [-0.2, -0.15) is 0 Å². The molecule has 1 aromatic rings. The van der Waals surface area contributed by atoms with Crippen LogP contribution in [0.25, 0.3) is 0 Å². The summed E-state index contributed by atoms with van der Waals surface area (Å²) in [5.74, 6) is 0. The lowest BCUT2D eigenvalue weighted by Crippen LogP contribution is -2.32. The van der Waals surface area contributed by atoms with Gasteiger partial charge < -0.3 is 16.2 Å². The molecule has 0 saturated heterocycles. The van der Waals surface area contributed by atoms with E-state index >= 15 is 0 Å². The summed E-state index contributed by atoms with van der Waals surface area (Å²) in [5.41, 5.74) is 6.54. The van der Waals surface area contributed by atoms with Crippen LogP contribution in [0.1, 0.15) is 0 Å². The molecular weight excluding hydrogens is 152 g/mol. The van der Waals surface area contributed by atoms with Crippen LogP contribution in [0.4, 0.5) is 5.69 Å². The van der Waals surface area contributed by atoms with E-state index in [1.165, 1.54) is 0 Å². The first-order valence-electron chi connectivity index (χ1n) is 3.98. The standard InChI is InChI=1S/C9H14N2O/c10-8(7-12)6-11-9-4-2-1-3-5-9/h1-5,8,11-12H,6-7,10H2. The van der Waals surface area contributed by atoms with Crippen LogP contribution in [0.15, 0.2) is 30.3 Å². The highest BCUT2D eigenvalue weighted by Crippen LogP contribution is 2.03. The normalized spacial score (nSPS) is 12.5. The number of nitrogens with two attached hydrogens (primary N) is 1. The summed E-state index contributed by atoms with van der Waals surface area (Å²) in [6, 6.07) is 9.59. The molecule has 1 unspecified atom stereocenters. The van der Waals surface area contributed by atoms with Crippen LogP contribution in [0.5, 0.6) is 0 Å². The molecule has 0 aliphatic heterocycles. The molecule has 0 amide bonds. The van der Waals surface area contributed by atoms with E-state index in [1.807, 2.05) is 30.3 Å². The quantitative estimate of drug-likeness (QED) is 0.607. The number of benzene rings is 1. The smallest absolute Gasteiger partial charge is 0.0599 e. The van der Waals surface area contributed by atoms with Crippen LogP contribution in [-0.4, -0.2) is 24.3 Å². The maximum Gasteiger partial charge on any atom is 0.0599 e. The van der Waals surface area contributed by atoms with Crippen molar-refractivity contribution in [1.82, 2.24) is 0 Å². The highest BCUT2D eigenvalue weighted by molar-refractivity contribution is 5.42. The van der Waals surface area contributed by atoms with Gasteiger partial charge in [0.05, 0.1) is 6.61 Å². The third kappa shape index (κ3) is 2.90. The molecule has 0 heterocycles. The van der Waals surface area contributed by atoms with Crippen molar-refractivity contribution < 1.29 is 5.11 Å². The molecule has 1 atom stereocenters. The van der Waals surface area contributed by atoms with Gasteiger partial charge in [0, 0.05) is 18.3 Å². The lowest BCUT2D eigenvalue weighted by molar-refractivity contribution is 0.270. The van der Waals surface area contributed by atoms with Gasteiger partial charge in [0.15, 0.2) is 0 Å². The van der Waals surface area contributed by atoms with Gasteiger partial charge in [-0.05, 0) is 12.1 Å². The molecular formula is C9H14N2O. The summed E-state index contributed by atoms with van der Waals surface area (Å²) in [6.07, 6.45) is 0. The van der Waals surface area contributed by atoms with E-state index in [-0.39, 0.29) is 12.6 Å². The second-order valence-corrected chi connectivity index (χ2v) is 2.69. The van der Waals surface area contributed by atoms with E-state index in [9.17, 15) is 0 Å². The lowest BCUT2D eigenvalue weighted by Gasteiger charge is -2.10. The van der Waals surface area contributed by atoms with Crippen molar-refractivity contribution in [3.05, 3.63) is 30.3 Å². The Balaban J connectivity index is 2.33. The van der Waals surface area contributed by atoms with Crippen LogP contribution in [0.3, 0.4) is 0 Å². The summed E-state index contributed by atoms with van der Waals surface area (Å²) in [5, 5.41) is 11.8. The van der Waals surface area contributed by atoms with Crippen LogP contribution in [0.2, 0.25) is 0 Å². The van der Waals surface area contributed by atoms with Gasteiger partial charge in [-0.25, -0.2) is 0 Å². The molecule has 3 nitrogen and oxygen atoms in total. The SMILES string of the molecule is NC(CO)CNc1ccccc1. The van der Waals surface area contributed by atoms with E-state index in [4.69, 9.17) is 10.8 Å². The number of nitrogens with one attached hydrogen (secondary N) is 1. The number of anilines is 1. The molecule has 0 aliphatic rings. The molecule has 1 aromatic carbocycles. The van der Waals surface area contributed by atoms with Crippen molar-refractivity contribution >= 4 is 5.69 Å². The predicted molar refractivity (Wildman–Crippen MR) is 50.0 cm³/mol. The maximum atomic E-state index is 8.65. The number of hydrogen-bond donors (Lipinski definition) is 3. The summed E-state index contributed by atoms with van der Waals surface area (Å²) in [7, 11) is 0. The minimum absolute atomic E-state index is 0.0137. The maximum absolute atomic E-state index is 8.65. The number of rotatable bonds is 4. The molecule has 12 heavy (non-hydrogen) atoms. The number of aliphatic hydroxyl groups excluding tert-OH is 1. The molecule has 0 aliphatic carbocycles. The highest BCUT2D eigenvalue weighted by atomic mass is 16.3. The molecule has 4 N–H and O–H groups in total. The Labute approximate surface area is 72.2 Å². The van der Waals surface area contributed by atoms with Crippen molar-refractivity contribution in [2.75, 3.05) is 18.5 Å². The molecule has 0 bridgehead atoms. The van der Waals surface area contributed by atoms with Crippen LogP contribution >= 0.6 is 0 Å². The molecule has 3 heteroatoms. The second-order valence-electron chi connectivity index (χ2n) is 2.69. The predicted octanol–water partition coefficient (Wildman–Crippen LogP) is 0.418. The third-order valence-electron chi connectivity index (χ3n) is 1.58. The fourth-order valence-electron chi connectivity index (χ4n) is 0.869. The van der Waals surface area contributed by atoms with E-state index in [1.54, 1.807) is 0 Å². The highest BCUT2D eigenvalue weighted by Gasteiger charge is 1.97. The molecule has 0 radical (unpaired) electrons. The zero-order valence-electron chi connectivity index (χ0n) is 6.90. The third-order valence-corrected chi connectivity index (χ3v) is 1.58. The largest absolute Gasteiger partial charge is 0.395 e. The Morgan fingerprint density at radius 2 is 2.00 bits per heavy atom. The van der Waals surface area contributed by atoms with Crippen molar-refractivity contribution in [2.24, 2.45) is 5.73 Å². The van der Waals surface area contributed by atoms with Crippen LogP contribution < -0.4 is 11.1 Å². The zero-order valence-corrected chi connectivity index (χ0v) is 6.90. The minimum atomic E-state index is -0.190. The Bertz CT molecular complexity index is 213. The van der Waals surface area contributed by atoms with Gasteiger partial charge in [0.1, 0.15) is 0 Å². The first kappa shape index (κ1) is 9.03. The average molecular weight is 166 g/mol. The van der Waals surface area contributed by atoms with Crippen LogP contribution in [0, 0.1) is 0 Å². The molecule has 66 valence electrons. The first-order chi connectivity index (χ1) is 5.83. The summed E-state index contributed by atoms with van der Waals surface area (Å²) in [6.45, 7) is 0.611. The lowest BCUT2D eigenvalue weighted by atomic mass is 10.3. The minimum Gasteiger partial charge on any atom is -0.395 e. The van der Waals surface area contributed by atoms with Crippen molar-refractivity contribution in [1.29, 1.82) is 0 Å². The van der Waals surface area contributed by atoms with Gasteiger partial charge in [0.2, 0.25) is 0 Å². The summed E-state index contributed by atoms with van der Waals surface area (Å²) >= 11 is 0. The van der Waals surface area contributed by atoms with Gasteiger partial charge in [-0.1, -0.05) is 18.2 Å². The van der Waals surface area contributed by atoms with Crippen LogP contribution in [-0.2, 0) is 0 Å². The van der Waals surface area contributed by atoms with Gasteiger partial charge in [0.25, 0.3) is 0 Å². The fourth-order valence-corrected chi connectivity index (χ4v) is 0.869. The zero-order chi connectivity index (χ0) is 8.81. The number of para-hydroxylation sites is 1. The second kappa shape index (κ2) is 4.74. The molecule has 1 rings (SSSR count). The number of aliphatic hydroxyl groups is 1. The first-order valence-corrected chi connectivity index (χ1v) is 3.98. The monoisotopic (exact) mass is 166 g/mol. The fraction of sp³-hybridized carbons (Fsp3) is 0.333. The Kier molecular flexibility index (Phi) is 3.57. The van der Waals surface area contributed by atoms with Crippen molar-refractivity contribution in [3.8, 4) is 0 Å². The van der Waals surface area contributed by atoms with Gasteiger partial charge in [-0.3, -0.25) is 0 Å². The van der Waals surface area contributed by atoms with Crippen molar-refractivity contribution in [3.63, 3.8) is 0 Å². The van der Waals surface area contributed by atoms with E-state index in [0.717, 1.165) is 5.69 Å². The molecule has 0 fully saturated rings. The number of hydrogen-bond acceptors (Lipinski definition) is 3. The van der Waals surface area contributed by atoms with E-state index in [2.05, 4.69) is 5.32 Å².